The molecule has 0 saturated heterocycles. The number of carbonyl (C=O) groups is 2. The van der Waals surface area contributed by atoms with Gasteiger partial charge in [-0.25, -0.2) is 4.39 Å². The van der Waals surface area contributed by atoms with Gasteiger partial charge in [-0.2, -0.15) is 0 Å². The van der Waals surface area contributed by atoms with Crippen LogP contribution < -0.4 is 0 Å². The number of hydrogen-bond donors (Lipinski definition) is 1. The number of carbonyl (C=O) groups excluding carboxylic acids is 2. The molecule has 0 saturated carbocycles. The van der Waals surface area contributed by atoms with Crippen LogP contribution in [0.1, 0.15) is 22.2 Å². The first kappa shape index (κ1) is 16.9. The van der Waals surface area contributed by atoms with Gasteiger partial charge in [0.2, 0.25) is 5.78 Å². The van der Waals surface area contributed by atoms with Gasteiger partial charge >= 0.3 is 0 Å². The molecule has 2 heterocycles. The molecule has 0 bridgehead atoms. The minimum atomic E-state index is -1.05. The van der Waals surface area contributed by atoms with Gasteiger partial charge in [0.05, 0.1) is 24.5 Å². The molecule has 25 heavy (non-hydrogen) atoms. The second kappa shape index (κ2) is 6.90. The highest BCUT2D eigenvalue weighted by Crippen LogP contribution is 2.39. The molecule has 0 fully saturated rings. The third-order valence-corrected chi connectivity index (χ3v) is 4.03. The van der Waals surface area contributed by atoms with E-state index >= 15 is 0 Å². The zero-order chi connectivity index (χ0) is 18.0. The van der Waals surface area contributed by atoms with Crippen molar-refractivity contribution in [2.24, 2.45) is 0 Å². The van der Waals surface area contributed by atoms with Gasteiger partial charge < -0.3 is 19.2 Å². The van der Waals surface area contributed by atoms with Gasteiger partial charge in [0.1, 0.15) is 5.82 Å². The maximum atomic E-state index is 14.4. The summed E-state index contributed by atoms with van der Waals surface area (Å²) < 4.78 is 24.4. The maximum absolute atomic E-state index is 14.4. The Morgan fingerprint density at radius 2 is 2.08 bits per heavy atom. The summed E-state index contributed by atoms with van der Waals surface area (Å²) in [6, 6.07) is 7.70. The summed E-state index contributed by atoms with van der Waals surface area (Å²) >= 11 is 0. The van der Waals surface area contributed by atoms with Crippen molar-refractivity contribution in [3.8, 4) is 0 Å². The lowest BCUT2D eigenvalue weighted by Gasteiger charge is -2.26. The third kappa shape index (κ3) is 2.94. The highest BCUT2D eigenvalue weighted by Gasteiger charge is 2.45. The Labute approximate surface area is 143 Å². The number of amides is 1. The number of methoxy groups -OCH3 is 1. The van der Waals surface area contributed by atoms with Crippen molar-refractivity contribution in [3.63, 3.8) is 0 Å². The van der Waals surface area contributed by atoms with Gasteiger partial charge in [0.25, 0.3) is 5.91 Å². The Kier molecular flexibility index (Phi) is 4.67. The fraction of sp³-hybridized carbons (Fsp3) is 0.222. The fourth-order valence-corrected chi connectivity index (χ4v) is 2.87. The molecular formula is C18H16FNO5. The molecule has 1 aliphatic rings. The molecule has 1 atom stereocenters. The van der Waals surface area contributed by atoms with Crippen LogP contribution in [-0.4, -0.2) is 42.0 Å². The number of benzene rings is 1. The predicted octanol–water partition coefficient (Wildman–Crippen LogP) is 2.64. The molecule has 0 spiro atoms. The van der Waals surface area contributed by atoms with E-state index in [9.17, 15) is 19.1 Å². The first-order valence-corrected chi connectivity index (χ1v) is 7.62. The molecule has 1 aromatic heterocycles. The van der Waals surface area contributed by atoms with Crippen LogP contribution in [0.2, 0.25) is 0 Å². The van der Waals surface area contributed by atoms with Crippen molar-refractivity contribution < 1.29 is 28.2 Å². The summed E-state index contributed by atoms with van der Waals surface area (Å²) in [5.74, 6) is -2.73. The maximum Gasteiger partial charge on any atom is 0.290 e. The highest BCUT2D eigenvalue weighted by molar-refractivity contribution is 6.15. The second-order valence-corrected chi connectivity index (χ2v) is 5.48. The number of nitrogens with zero attached hydrogens (tertiary/aromatic N) is 1. The van der Waals surface area contributed by atoms with Crippen LogP contribution >= 0.6 is 0 Å². The van der Waals surface area contributed by atoms with Crippen LogP contribution in [0.4, 0.5) is 4.39 Å². The van der Waals surface area contributed by atoms with E-state index in [1.165, 1.54) is 48.6 Å². The summed E-state index contributed by atoms with van der Waals surface area (Å²) in [5.41, 5.74) is -0.0907. The summed E-state index contributed by atoms with van der Waals surface area (Å²) in [4.78, 5) is 26.4. The summed E-state index contributed by atoms with van der Waals surface area (Å²) in [5, 5.41) is 10.3. The third-order valence-electron chi connectivity index (χ3n) is 4.03. The Morgan fingerprint density at radius 3 is 2.72 bits per heavy atom. The van der Waals surface area contributed by atoms with E-state index in [0.29, 0.717) is 0 Å². The highest BCUT2D eigenvalue weighted by atomic mass is 19.1. The number of ketones is 1. The predicted molar refractivity (Wildman–Crippen MR) is 85.4 cm³/mol. The monoisotopic (exact) mass is 345 g/mol. The SMILES string of the molecule is COCCN1C(=O)C(O)=C(C(=O)c2ccco2)[C@H]1c1ccccc1F. The number of ether oxygens (including phenoxy) is 1. The Morgan fingerprint density at radius 1 is 1.32 bits per heavy atom. The molecule has 130 valence electrons. The summed E-state index contributed by atoms with van der Waals surface area (Å²) in [6.45, 7) is 0.263. The van der Waals surface area contributed by atoms with Crippen molar-refractivity contribution in [2.75, 3.05) is 20.3 Å². The summed E-state index contributed by atoms with van der Waals surface area (Å²) in [7, 11) is 1.46. The van der Waals surface area contributed by atoms with Gasteiger partial charge in [-0.05, 0) is 18.2 Å². The zero-order valence-electron chi connectivity index (χ0n) is 13.4. The van der Waals surface area contributed by atoms with E-state index in [2.05, 4.69) is 0 Å². The number of hydrogen-bond acceptors (Lipinski definition) is 5. The van der Waals surface area contributed by atoms with Crippen LogP contribution in [0, 0.1) is 5.82 Å². The molecule has 7 heteroatoms. The van der Waals surface area contributed by atoms with Gasteiger partial charge in [0, 0.05) is 19.2 Å². The van der Waals surface area contributed by atoms with Crippen molar-refractivity contribution in [1.29, 1.82) is 0 Å². The van der Waals surface area contributed by atoms with Crippen LogP contribution in [0.3, 0.4) is 0 Å². The van der Waals surface area contributed by atoms with Crippen LogP contribution in [0.25, 0.3) is 0 Å². The van der Waals surface area contributed by atoms with E-state index in [1.807, 2.05) is 0 Å². The van der Waals surface area contributed by atoms with E-state index in [0.717, 1.165) is 0 Å². The number of furan rings is 1. The molecule has 0 radical (unpaired) electrons. The molecule has 2 aromatic rings. The molecule has 1 aromatic carbocycles. The lowest BCUT2D eigenvalue weighted by atomic mass is 9.94. The van der Waals surface area contributed by atoms with Crippen molar-refractivity contribution in [3.05, 3.63) is 71.1 Å². The second-order valence-electron chi connectivity index (χ2n) is 5.48. The Bertz CT molecular complexity index is 828. The quantitative estimate of drug-likeness (QED) is 0.814. The smallest absolute Gasteiger partial charge is 0.290 e. The average molecular weight is 345 g/mol. The number of aliphatic hydroxyl groups is 1. The van der Waals surface area contributed by atoms with E-state index in [1.54, 1.807) is 6.07 Å². The van der Waals surface area contributed by atoms with Crippen LogP contribution in [0.5, 0.6) is 0 Å². The molecule has 0 aliphatic carbocycles. The summed E-state index contributed by atoms with van der Waals surface area (Å²) in [6.07, 6.45) is 1.31. The Hall–Kier alpha value is -2.93. The fourth-order valence-electron chi connectivity index (χ4n) is 2.87. The lowest BCUT2D eigenvalue weighted by molar-refractivity contribution is -0.130. The first-order valence-electron chi connectivity index (χ1n) is 7.62. The molecule has 1 amide bonds. The number of rotatable bonds is 6. The van der Waals surface area contributed by atoms with E-state index in [-0.39, 0.29) is 30.0 Å². The molecular weight excluding hydrogens is 329 g/mol. The standard InChI is InChI=1S/C18H16FNO5/c1-24-10-8-20-15(11-5-2-3-6-12(11)19)14(17(22)18(20)23)16(21)13-7-4-9-25-13/h2-7,9,15,22H,8,10H2,1H3/t15-/m1/s1. The van der Waals surface area contributed by atoms with Crippen LogP contribution in [0.15, 0.2) is 58.4 Å². The minimum absolute atomic E-state index is 0.0377. The number of Topliss-reactive ketones (excluding diaryl/α,β-unsaturated/α-hetero) is 1. The molecule has 1 aliphatic heterocycles. The van der Waals surface area contributed by atoms with Gasteiger partial charge in [-0.3, -0.25) is 9.59 Å². The van der Waals surface area contributed by atoms with Crippen LogP contribution in [-0.2, 0) is 9.53 Å². The van der Waals surface area contributed by atoms with E-state index < -0.39 is 29.3 Å². The Balaban J connectivity index is 2.10. The van der Waals surface area contributed by atoms with Gasteiger partial charge in [0.15, 0.2) is 11.5 Å². The topological polar surface area (TPSA) is 80.0 Å². The lowest BCUT2D eigenvalue weighted by Crippen LogP contribution is -2.34. The van der Waals surface area contributed by atoms with Crippen molar-refractivity contribution in [2.45, 2.75) is 6.04 Å². The molecule has 6 nitrogen and oxygen atoms in total. The largest absolute Gasteiger partial charge is 0.503 e. The first-order chi connectivity index (χ1) is 12.1. The van der Waals surface area contributed by atoms with Crippen molar-refractivity contribution in [1.82, 2.24) is 4.90 Å². The minimum Gasteiger partial charge on any atom is -0.503 e. The average Bonchev–Trinajstić information content (AvgIpc) is 3.22. The van der Waals surface area contributed by atoms with E-state index in [4.69, 9.17) is 9.15 Å². The molecule has 0 unspecified atom stereocenters. The number of halogens is 1. The molecule has 3 rings (SSSR count). The van der Waals surface area contributed by atoms with Gasteiger partial charge in [-0.1, -0.05) is 18.2 Å². The van der Waals surface area contributed by atoms with Crippen molar-refractivity contribution >= 4 is 11.7 Å². The zero-order valence-corrected chi connectivity index (χ0v) is 13.4. The number of aliphatic hydroxyl groups excluding tert-OH is 1. The normalized spacial score (nSPS) is 17.4. The molecule has 1 N–H and O–H groups in total. The van der Waals surface area contributed by atoms with Gasteiger partial charge in [-0.15, -0.1) is 0 Å².